The highest BCUT2D eigenvalue weighted by Crippen LogP contribution is 2.17. The summed E-state index contributed by atoms with van der Waals surface area (Å²) in [7, 11) is 0.716. The molecule has 32 heavy (non-hydrogen) atoms. The number of pyridine rings is 1. The largest absolute Gasteiger partial charge is 0.334 e. The van der Waals surface area contributed by atoms with Crippen molar-refractivity contribution in [2.75, 3.05) is 19.4 Å². The van der Waals surface area contributed by atoms with Crippen molar-refractivity contribution in [3.05, 3.63) is 58.0 Å². The van der Waals surface area contributed by atoms with E-state index >= 15 is 0 Å². The summed E-state index contributed by atoms with van der Waals surface area (Å²) in [6, 6.07) is 6.65. The van der Waals surface area contributed by atoms with E-state index in [1.165, 1.54) is 62.2 Å². The average molecular weight is 463 g/mol. The van der Waals surface area contributed by atoms with Gasteiger partial charge in [0.05, 0.1) is 10.5 Å². The predicted molar refractivity (Wildman–Crippen MR) is 123 cm³/mol. The van der Waals surface area contributed by atoms with E-state index in [-0.39, 0.29) is 39.7 Å². The van der Waals surface area contributed by atoms with Gasteiger partial charge in [0.25, 0.3) is 17.4 Å². The Bertz CT molecular complexity index is 1160. The van der Waals surface area contributed by atoms with E-state index in [4.69, 9.17) is 0 Å². The molecule has 0 unspecified atom stereocenters. The molecule has 0 spiro atoms. The van der Waals surface area contributed by atoms with Crippen LogP contribution in [0.25, 0.3) is 0 Å². The van der Waals surface area contributed by atoms with Gasteiger partial charge in [-0.3, -0.25) is 14.4 Å². The monoisotopic (exact) mass is 462 g/mol. The zero-order valence-electron chi connectivity index (χ0n) is 19.4. The number of amides is 2. The second-order valence-electron chi connectivity index (χ2n) is 8.22. The molecule has 2 amide bonds. The Kier molecular flexibility index (Phi) is 7.63. The maximum absolute atomic E-state index is 13.0. The molecule has 0 fully saturated rings. The van der Waals surface area contributed by atoms with Crippen molar-refractivity contribution in [1.29, 1.82) is 0 Å². The van der Waals surface area contributed by atoms with E-state index in [0.717, 1.165) is 4.31 Å². The van der Waals surface area contributed by atoms with E-state index < -0.39 is 21.5 Å². The summed E-state index contributed by atoms with van der Waals surface area (Å²) < 4.78 is 26.7. The number of anilines is 1. The van der Waals surface area contributed by atoms with Crippen molar-refractivity contribution in [2.45, 2.75) is 44.7 Å². The van der Waals surface area contributed by atoms with Crippen molar-refractivity contribution in [1.82, 2.24) is 13.8 Å². The van der Waals surface area contributed by atoms with E-state index in [9.17, 15) is 22.8 Å². The number of aromatic nitrogens is 1. The second kappa shape index (κ2) is 9.66. The fourth-order valence-corrected chi connectivity index (χ4v) is 4.22. The maximum atomic E-state index is 13.0. The third-order valence-electron chi connectivity index (χ3n) is 4.92. The minimum absolute atomic E-state index is 0.0409. The number of aryl methyl sites for hydroxylation is 1. The quantitative estimate of drug-likeness (QED) is 0.678. The van der Waals surface area contributed by atoms with Gasteiger partial charge in [-0.25, -0.2) is 12.7 Å². The molecule has 0 saturated carbocycles. The number of hydrogen-bond acceptors (Lipinski definition) is 5. The van der Waals surface area contributed by atoms with Crippen LogP contribution < -0.4 is 10.9 Å². The van der Waals surface area contributed by atoms with Crippen LogP contribution in [0.15, 0.2) is 46.2 Å². The van der Waals surface area contributed by atoms with Crippen LogP contribution in [0.2, 0.25) is 0 Å². The molecule has 0 aliphatic carbocycles. The first-order valence-electron chi connectivity index (χ1n) is 10.1. The Morgan fingerprint density at radius 3 is 1.97 bits per heavy atom. The fraction of sp³-hybridized carbons (Fsp3) is 0.409. The molecule has 10 heteroatoms. The Morgan fingerprint density at radius 1 is 0.969 bits per heavy atom. The lowest BCUT2D eigenvalue weighted by Crippen LogP contribution is -2.42. The molecule has 1 aromatic carbocycles. The summed E-state index contributed by atoms with van der Waals surface area (Å²) in [4.78, 5) is 40.0. The molecule has 9 nitrogen and oxygen atoms in total. The first kappa shape index (κ1) is 25.3. The van der Waals surface area contributed by atoms with Crippen LogP contribution in [0.1, 0.15) is 48.4 Å². The zero-order valence-corrected chi connectivity index (χ0v) is 20.2. The Balaban J connectivity index is 2.36. The second-order valence-corrected chi connectivity index (χ2v) is 10.4. The molecule has 2 aromatic rings. The molecule has 1 N–H and O–H groups in total. The Morgan fingerprint density at radius 2 is 1.50 bits per heavy atom. The fourth-order valence-electron chi connectivity index (χ4n) is 3.32. The Labute approximate surface area is 188 Å². The Hall–Kier alpha value is -2.98. The van der Waals surface area contributed by atoms with Gasteiger partial charge in [-0.05, 0) is 58.0 Å². The zero-order chi connectivity index (χ0) is 24.4. The lowest BCUT2D eigenvalue weighted by atomic mass is 10.1. The summed E-state index contributed by atoms with van der Waals surface area (Å²) in [6.45, 7) is 7.62. The van der Waals surface area contributed by atoms with Crippen LogP contribution in [-0.4, -0.2) is 60.2 Å². The summed E-state index contributed by atoms with van der Waals surface area (Å²) in [6.07, 6.45) is 1.44. The normalized spacial score (nSPS) is 11.8. The molecule has 0 atom stereocenters. The molecular formula is C22H30N4O5S. The van der Waals surface area contributed by atoms with Gasteiger partial charge >= 0.3 is 0 Å². The highest BCUT2D eigenvalue weighted by Gasteiger charge is 2.23. The number of benzene rings is 1. The van der Waals surface area contributed by atoms with E-state index in [2.05, 4.69) is 5.32 Å². The molecular weight excluding hydrogens is 432 g/mol. The molecule has 2 rings (SSSR count). The number of carbonyl (C=O) groups excluding carboxylic acids is 2. The van der Waals surface area contributed by atoms with E-state index in [0.29, 0.717) is 0 Å². The number of sulfonamides is 1. The average Bonchev–Trinajstić information content (AvgIpc) is 2.70. The van der Waals surface area contributed by atoms with Gasteiger partial charge < -0.3 is 14.8 Å². The summed E-state index contributed by atoms with van der Waals surface area (Å²) in [5, 5.41) is 2.54. The van der Waals surface area contributed by atoms with Crippen LogP contribution >= 0.6 is 0 Å². The number of hydrogen-bond donors (Lipinski definition) is 1. The van der Waals surface area contributed by atoms with Gasteiger partial charge in [0.2, 0.25) is 10.0 Å². The van der Waals surface area contributed by atoms with Crippen molar-refractivity contribution in [2.24, 2.45) is 7.05 Å². The van der Waals surface area contributed by atoms with Gasteiger partial charge in [-0.2, -0.15) is 0 Å². The van der Waals surface area contributed by atoms with E-state index in [1.54, 1.807) is 4.90 Å². The maximum Gasteiger partial charge on any atom is 0.274 e. The third kappa shape index (κ3) is 5.25. The van der Waals surface area contributed by atoms with Crippen LogP contribution in [0.3, 0.4) is 0 Å². The van der Waals surface area contributed by atoms with Gasteiger partial charge in [-0.1, -0.05) is 0 Å². The van der Waals surface area contributed by atoms with E-state index in [1.807, 2.05) is 27.7 Å². The van der Waals surface area contributed by atoms with Gasteiger partial charge in [-0.15, -0.1) is 0 Å². The first-order valence-corrected chi connectivity index (χ1v) is 11.6. The van der Waals surface area contributed by atoms with Crippen LogP contribution in [0.4, 0.5) is 5.69 Å². The highest BCUT2D eigenvalue weighted by atomic mass is 32.2. The van der Waals surface area contributed by atoms with Crippen molar-refractivity contribution in [3.63, 3.8) is 0 Å². The molecule has 0 bridgehead atoms. The smallest absolute Gasteiger partial charge is 0.274 e. The van der Waals surface area contributed by atoms with Crippen LogP contribution in [0, 0.1) is 0 Å². The number of carbonyl (C=O) groups is 2. The minimum Gasteiger partial charge on any atom is -0.334 e. The number of nitrogens with zero attached hydrogens (tertiary/aromatic N) is 3. The molecule has 1 aromatic heterocycles. The molecule has 0 aliphatic rings. The standard InChI is InChI=1S/C22H30N4O5S/c1-14(2)26(15(3)4)21(28)17-12-19(22(29)25(7)13-17)23-20(27)16-8-10-18(11-9-16)32(30,31)24(5)6/h8-15H,1-7H3,(H,23,27). The van der Waals surface area contributed by atoms with Crippen molar-refractivity contribution < 1.29 is 18.0 Å². The summed E-state index contributed by atoms with van der Waals surface area (Å²) in [5.74, 6) is -0.843. The van der Waals surface area contributed by atoms with Gasteiger partial charge in [0.15, 0.2) is 0 Å². The molecule has 1 heterocycles. The number of nitrogens with one attached hydrogen (secondary N) is 1. The van der Waals surface area contributed by atoms with Crippen molar-refractivity contribution >= 4 is 27.5 Å². The minimum atomic E-state index is -3.62. The van der Waals surface area contributed by atoms with Crippen molar-refractivity contribution in [3.8, 4) is 0 Å². The molecule has 0 radical (unpaired) electrons. The number of rotatable bonds is 7. The molecule has 0 aliphatic heterocycles. The molecule has 174 valence electrons. The third-order valence-corrected chi connectivity index (χ3v) is 6.75. The lowest BCUT2D eigenvalue weighted by molar-refractivity contribution is 0.0642. The summed E-state index contributed by atoms with van der Waals surface area (Å²) in [5.41, 5.74) is -0.0622. The SMILES string of the molecule is CC(C)N(C(=O)c1cc(NC(=O)c2ccc(S(=O)(=O)N(C)C)cc2)c(=O)n(C)c1)C(C)C. The first-order chi connectivity index (χ1) is 14.8. The molecule has 0 saturated heterocycles. The highest BCUT2D eigenvalue weighted by molar-refractivity contribution is 7.89. The predicted octanol–water partition coefficient (Wildman–Crippen LogP) is 2.15. The van der Waals surface area contributed by atoms with Gasteiger partial charge in [0.1, 0.15) is 5.69 Å². The van der Waals surface area contributed by atoms with Crippen LogP contribution in [0.5, 0.6) is 0 Å². The lowest BCUT2D eigenvalue weighted by Gasteiger charge is -2.31. The summed E-state index contributed by atoms with van der Waals surface area (Å²) >= 11 is 0. The van der Waals surface area contributed by atoms with Gasteiger partial charge in [0, 0.05) is 45.0 Å². The van der Waals surface area contributed by atoms with Crippen LogP contribution in [-0.2, 0) is 17.1 Å². The topological polar surface area (TPSA) is 109 Å².